The van der Waals surface area contributed by atoms with Crippen molar-refractivity contribution in [1.29, 1.82) is 0 Å². The number of nitrogens with one attached hydrogen (secondary N) is 1. The third-order valence-electron chi connectivity index (χ3n) is 3.11. The van der Waals surface area contributed by atoms with Gasteiger partial charge in [-0.25, -0.2) is 0 Å². The van der Waals surface area contributed by atoms with E-state index in [0.29, 0.717) is 6.04 Å². The lowest BCUT2D eigenvalue weighted by Crippen LogP contribution is -2.54. The zero-order chi connectivity index (χ0) is 11.1. The molecule has 4 heteroatoms. The highest BCUT2D eigenvalue weighted by Crippen LogP contribution is 2.24. The first-order valence-electron chi connectivity index (χ1n) is 5.46. The molecule has 1 fully saturated rings. The highest BCUT2D eigenvalue weighted by molar-refractivity contribution is 6.31. The fraction of sp³-hybridized carbons (Fsp3) is 0.333. The monoisotopic (exact) mass is 235 g/mol. The molecule has 3 rings (SSSR count). The van der Waals surface area contributed by atoms with E-state index in [1.807, 2.05) is 12.1 Å². The molecule has 1 saturated heterocycles. The van der Waals surface area contributed by atoms with Crippen molar-refractivity contribution in [3.8, 4) is 0 Å². The Morgan fingerprint density at radius 1 is 1.44 bits per heavy atom. The van der Waals surface area contributed by atoms with Gasteiger partial charge in [-0.05, 0) is 17.7 Å². The molecule has 0 aliphatic carbocycles. The Morgan fingerprint density at radius 3 is 3.00 bits per heavy atom. The van der Waals surface area contributed by atoms with Crippen molar-refractivity contribution >= 4 is 22.5 Å². The fourth-order valence-electron chi connectivity index (χ4n) is 2.27. The number of rotatable bonds is 2. The summed E-state index contributed by atoms with van der Waals surface area (Å²) in [5.74, 6) is 0. The minimum Gasteiger partial charge on any atom is -0.361 e. The molecule has 3 nitrogen and oxygen atoms in total. The molecule has 2 heterocycles. The van der Waals surface area contributed by atoms with Crippen molar-refractivity contribution in [2.75, 3.05) is 13.1 Å². The van der Waals surface area contributed by atoms with Crippen LogP contribution in [0.25, 0.3) is 10.9 Å². The van der Waals surface area contributed by atoms with E-state index in [2.05, 4.69) is 22.1 Å². The second-order valence-electron chi connectivity index (χ2n) is 4.46. The minimum atomic E-state index is 0.361. The van der Waals surface area contributed by atoms with Crippen molar-refractivity contribution in [3.05, 3.63) is 35.0 Å². The van der Waals surface area contributed by atoms with Gasteiger partial charge in [0.1, 0.15) is 0 Å². The van der Waals surface area contributed by atoms with Crippen molar-refractivity contribution < 1.29 is 0 Å². The molecule has 0 radical (unpaired) electrons. The summed E-state index contributed by atoms with van der Waals surface area (Å²) in [4.78, 5) is 5.60. The number of likely N-dealkylation sites (tertiary alicyclic amines) is 1. The summed E-state index contributed by atoms with van der Waals surface area (Å²) in [6, 6.07) is 6.33. The summed E-state index contributed by atoms with van der Waals surface area (Å²) in [6.07, 6.45) is 2.06. The Balaban J connectivity index is 1.87. The van der Waals surface area contributed by atoms with Crippen LogP contribution in [0.2, 0.25) is 5.02 Å². The average Bonchev–Trinajstić information content (AvgIpc) is 2.58. The average molecular weight is 236 g/mol. The van der Waals surface area contributed by atoms with Crippen LogP contribution in [-0.2, 0) is 6.54 Å². The van der Waals surface area contributed by atoms with E-state index < -0.39 is 0 Å². The molecule has 0 amide bonds. The van der Waals surface area contributed by atoms with Crippen LogP contribution in [-0.4, -0.2) is 29.0 Å². The van der Waals surface area contributed by atoms with Crippen LogP contribution in [0, 0.1) is 0 Å². The van der Waals surface area contributed by atoms with Gasteiger partial charge < -0.3 is 10.7 Å². The second kappa shape index (κ2) is 3.77. The van der Waals surface area contributed by atoms with Gasteiger partial charge in [-0.1, -0.05) is 17.7 Å². The molecule has 1 aliphatic rings. The molecule has 0 saturated carbocycles. The predicted octanol–water partition coefficient (Wildman–Crippen LogP) is 1.96. The Hall–Kier alpha value is -1.03. The van der Waals surface area contributed by atoms with Crippen molar-refractivity contribution in [3.63, 3.8) is 0 Å². The van der Waals surface area contributed by atoms with Crippen LogP contribution in [0.5, 0.6) is 0 Å². The van der Waals surface area contributed by atoms with E-state index >= 15 is 0 Å². The molecule has 0 spiro atoms. The summed E-state index contributed by atoms with van der Waals surface area (Å²) < 4.78 is 0. The van der Waals surface area contributed by atoms with Crippen LogP contribution in [0.3, 0.4) is 0 Å². The summed E-state index contributed by atoms with van der Waals surface area (Å²) in [6.45, 7) is 2.97. The van der Waals surface area contributed by atoms with Gasteiger partial charge in [-0.15, -0.1) is 0 Å². The van der Waals surface area contributed by atoms with Gasteiger partial charge in [0.05, 0.1) is 0 Å². The molecule has 1 aromatic heterocycles. The Labute approximate surface area is 99.2 Å². The van der Waals surface area contributed by atoms with Gasteiger partial charge in [0.15, 0.2) is 0 Å². The fourth-order valence-corrected chi connectivity index (χ4v) is 2.44. The topological polar surface area (TPSA) is 45.0 Å². The molecule has 3 N–H and O–H groups in total. The molecule has 84 valence electrons. The van der Waals surface area contributed by atoms with E-state index in [0.717, 1.165) is 30.2 Å². The lowest BCUT2D eigenvalue weighted by atomic mass is 10.1. The predicted molar refractivity (Wildman–Crippen MR) is 66.6 cm³/mol. The molecule has 16 heavy (non-hydrogen) atoms. The van der Waals surface area contributed by atoms with Gasteiger partial charge in [-0.3, -0.25) is 4.90 Å². The highest BCUT2D eigenvalue weighted by atomic mass is 35.5. The van der Waals surface area contributed by atoms with Gasteiger partial charge >= 0.3 is 0 Å². The van der Waals surface area contributed by atoms with Crippen LogP contribution in [0.15, 0.2) is 24.4 Å². The molecular weight excluding hydrogens is 222 g/mol. The number of fused-ring (bicyclic) bond motifs is 1. The van der Waals surface area contributed by atoms with Crippen molar-refractivity contribution in [2.24, 2.45) is 5.73 Å². The van der Waals surface area contributed by atoms with Crippen LogP contribution < -0.4 is 5.73 Å². The lowest BCUT2D eigenvalue weighted by molar-refractivity contribution is 0.143. The third kappa shape index (κ3) is 1.71. The zero-order valence-electron chi connectivity index (χ0n) is 8.91. The Bertz CT molecular complexity index is 514. The molecular formula is C12H14ClN3. The number of nitrogens with two attached hydrogens (primary N) is 1. The number of H-pyrrole nitrogens is 1. The molecule has 1 aliphatic heterocycles. The molecule has 2 aromatic rings. The van der Waals surface area contributed by atoms with Crippen molar-refractivity contribution in [1.82, 2.24) is 9.88 Å². The maximum absolute atomic E-state index is 5.94. The third-order valence-corrected chi connectivity index (χ3v) is 3.34. The number of hydrogen-bond donors (Lipinski definition) is 2. The second-order valence-corrected chi connectivity index (χ2v) is 4.89. The largest absolute Gasteiger partial charge is 0.361 e. The Kier molecular flexibility index (Phi) is 2.39. The smallest absolute Gasteiger partial charge is 0.0472 e. The maximum Gasteiger partial charge on any atom is 0.0472 e. The number of benzene rings is 1. The summed E-state index contributed by atoms with van der Waals surface area (Å²) in [5.41, 5.74) is 8.19. The number of hydrogen-bond acceptors (Lipinski definition) is 2. The van der Waals surface area contributed by atoms with E-state index in [-0.39, 0.29) is 0 Å². The Morgan fingerprint density at radius 2 is 2.25 bits per heavy atom. The van der Waals surface area contributed by atoms with E-state index in [9.17, 15) is 0 Å². The van der Waals surface area contributed by atoms with E-state index in [4.69, 9.17) is 17.3 Å². The minimum absolute atomic E-state index is 0.361. The maximum atomic E-state index is 5.94. The number of aromatic nitrogens is 1. The summed E-state index contributed by atoms with van der Waals surface area (Å²) >= 11 is 5.94. The van der Waals surface area contributed by atoms with Gasteiger partial charge in [0, 0.05) is 47.8 Å². The molecule has 0 atom stereocenters. The van der Waals surface area contributed by atoms with E-state index in [1.54, 1.807) is 0 Å². The molecule has 0 unspecified atom stereocenters. The van der Waals surface area contributed by atoms with E-state index in [1.165, 1.54) is 10.9 Å². The van der Waals surface area contributed by atoms with Gasteiger partial charge in [0.25, 0.3) is 0 Å². The van der Waals surface area contributed by atoms with Crippen LogP contribution in [0.1, 0.15) is 5.56 Å². The quantitative estimate of drug-likeness (QED) is 0.836. The SMILES string of the molecule is NC1CN(Cc2c[nH]c3cc(Cl)ccc23)C1. The number of halogens is 1. The first-order chi connectivity index (χ1) is 7.72. The first kappa shape index (κ1) is 10.1. The highest BCUT2D eigenvalue weighted by Gasteiger charge is 2.23. The van der Waals surface area contributed by atoms with Gasteiger partial charge in [-0.2, -0.15) is 0 Å². The van der Waals surface area contributed by atoms with Crippen LogP contribution >= 0.6 is 11.6 Å². The molecule has 1 aromatic carbocycles. The first-order valence-corrected chi connectivity index (χ1v) is 5.83. The van der Waals surface area contributed by atoms with Crippen molar-refractivity contribution in [2.45, 2.75) is 12.6 Å². The number of nitrogens with zero attached hydrogens (tertiary/aromatic N) is 1. The summed E-state index contributed by atoms with van der Waals surface area (Å²) in [7, 11) is 0. The van der Waals surface area contributed by atoms with Crippen LogP contribution in [0.4, 0.5) is 0 Å². The zero-order valence-corrected chi connectivity index (χ0v) is 9.67. The van der Waals surface area contributed by atoms with Gasteiger partial charge in [0.2, 0.25) is 0 Å². The lowest BCUT2D eigenvalue weighted by Gasteiger charge is -2.36. The summed E-state index contributed by atoms with van der Waals surface area (Å²) in [5, 5.41) is 2.02. The molecule has 0 bridgehead atoms. The standard InChI is InChI=1S/C12H14ClN3/c13-9-1-2-11-8(4-15-12(11)3-9)5-16-6-10(14)7-16/h1-4,10,15H,5-7,14H2. The normalized spacial score (nSPS) is 17.9. The number of aromatic amines is 1.